The molecule has 0 saturated heterocycles. The maximum absolute atomic E-state index is 13.4. The lowest BCUT2D eigenvalue weighted by Gasteiger charge is -2.05. The molecular formula is C12H10FN3O3. The van der Waals surface area contributed by atoms with E-state index in [1.165, 1.54) is 6.07 Å². The van der Waals surface area contributed by atoms with Crippen LogP contribution in [0.4, 0.5) is 4.39 Å². The summed E-state index contributed by atoms with van der Waals surface area (Å²) in [6.07, 6.45) is 0. The summed E-state index contributed by atoms with van der Waals surface area (Å²) >= 11 is 0. The molecule has 0 aliphatic carbocycles. The number of halogens is 1. The average Bonchev–Trinajstić information content (AvgIpc) is 2.33. The van der Waals surface area contributed by atoms with Crippen molar-refractivity contribution in [1.29, 1.82) is 0 Å². The summed E-state index contributed by atoms with van der Waals surface area (Å²) in [5.74, 6) is -2.12. The lowest BCUT2D eigenvalue weighted by atomic mass is 10.2. The first kappa shape index (κ1) is 12.9. The third-order valence-corrected chi connectivity index (χ3v) is 2.45. The fraction of sp³-hybridized carbons (Fsp3) is 0.167. The Morgan fingerprint density at radius 2 is 2.00 bits per heavy atom. The number of carboxylic acids is 1. The van der Waals surface area contributed by atoms with E-state index in [2.05, 4.69) is 15.2 Å². The lowest BCUT2D eigenvalue weighted by molar-refractivity contribution is 0.0692. The van der Waals surface area contributed by atoms with Gasteiger partial charge in [0, 0.05) is 6.07 Å². The molecular weight excluding hydrogens is 253 g/mol. The molecule has 0 unspecified atom stereocenters. The quantitative estimate of drug-likeness (QED) is 0.912. The Morgan fingerprint density at radius 1 is 1.26 bits per heavy atom. The summed E-state index contributed by atoms with van der Waals surface area (Å²) in [5.41, 5.74) is 0.888. The van der Waals surface area contributed by atoms with Crippen molar-refractivity contribution in [2.24, 2.45) is 0 Å². The van der Waals surface area contributed by atoms with Gasteiger partial charge in [0.2, 0.25) is 0 Å². The van der Waals surface area contributed by atoms with Gasteiger partial charge < -0.3 is 9.84 Å². The Hall–Kier alpha value is -2.57. The van der Waals surface area contributed by atoms with E-state index in [0.717, 1.165) is 12.1 Å². The highest BCUT2D eigenvalue weighted by molar-refractivity contribution is 5.88. The number of hydrogen-bond acceptors (Lipinski definition) is 5. The van der Waals surface area contributed by atoms with Crippen molar-refractivity contribution in [3.63, 3.8) is 0 Å². The van der Waals surface area contributed by atoms with E-state index in [4.69, 9.17) is 9.84 Å². The highest BCUT2D eigenvalue weighted by Crippen LogP contribution is 2.21. The molecule has 0 saturated carbocycles. The first-order chi connectivity index (χ1) is 8.97. The third kappa shape index (κ3) is 2.82. The van der Waals surface area contributed by atoms with Crippen LogP contribution in [0.5, 0.6) is 11.8 Å². The number of aromatic nitrogens is 3. The van der Waals surface area contributed by atoms with Crippen molar-refractivity contribution in [2.75, 3.05) is 0 Å². The molecule has 0 aliphatic heterocycles. The van der Waals surface area contributed by atoms with E-state index in [1.54, 1.807) is 13.8 Å². The highest BCUT2D eigenvalue weighted by atomic mass is 19.1. The van der Waals surface area contributed by atoms with Crippen LogP contribution in [0.15, 0.2) is 18.2 Å². The molecule has 0 radical (unpaired) electrons. The summed E-state index contributed by atoms with van der Waals surface area (Å²) < 4.78 is 18.6. The summed E-state index contributed by atoms with van der Waals surface area (Å²) in [5, 5.41) is 16.2. The predicted octanol–water partition coefficient (Wildman–Crippen LogP) is 2.12. The van der Waals surface area contributed by atoms with Crippen LogP contribution in [0.3, 0.4) is 0 Å². The largest absolute Gasteiger partial charge is 0.478 e. The molecule has 1 N–H and O–H groups in total. The number of aromatic carboxylic acids is 1. The van der Waals surface area contributed by atoms with Crippen LogP contribution in [-0.4, -0.2) is 26.3 Å². The number of hydrogen-bond donors (Lipinski definition) is 1. The molecule has 1 heterocycles. The number of aryl methyl sites for hydroxylation is 2. The van der Waals surface area contributed by atoms with E-state index in [9.17, 15) is 9.18 Å². The fourth-order valence-corrected chi connectivity index (χ4v) is 1.32. The Kier molecular flexibility index (Phi) is 3.37. The number of nitrogens with zero attached hydrogens (tertiary/aromatic N) is 3. The van der Waals surface area contributed by atoms with Gasteiger partial charge >= 0.3 is 12.0 Å². The zero-order chi connectivity index (χ0) is 14.0. The second-order valence-corrected chi connectivity index (χ2v) is 3.81. The van der Waals surface area contributed by atoms with Crippen molar-refractivity contribution in [2.45, 2.75) is 13.8 Å². The van der Waals surface area contributed by atoms with Crippen molar-refractivity contribution in [3.8, 4) is 11.8 Å². The molecule has 0 spiro atoms. The van der Waals surface area contributed by atoms with Crippen LogP contribution < -0.4 is 4.74 Å². The minimum atomic E-state index is -1.34. The maximum atomic E-state index is 13.4. The van der Waals surface area contributed by atoms with Gasteiger partial charge in [0.15, 0.2) is 0 Å². The SMILES string of the molecule is Cc1nnc(Oc2ccc(C(=O)O)c(F)c2)nc1C. The first-order valence-corrected chi connectivity index (χ1v) is 5.36. The molecule has 2 aromatic rings. The number of carboxylic acid groups (broad SMARTS) is 1. The molecule has 0 fully saturated rings. The second-order valence-electron chi connectivity index (χ2n) is 3.81. The summed E-state index contributed by atoms with van der Waals surface area (Å²) in [7, 11) is 0. The molecule has 0 aliphatic rings. The normalized spacial score (nSPS) is 10.3. The van der Waals surface area contributed by atoms with Gasteiger partial charge in [0.25, 0.3) is 0 Å². The molecule has 2 rings (SSSR count). The molecule has 0 atom stereocenters. The van der Waals surface area contributed by atoms with E-state index in [0.29, 0.717) is 11.4 Å². The van der Waals surface area contributed by atoms with Crippen LogP contribution in [-0.2, 0) is 0 Å². The summed E-state index contributed by atoms with van der Waals surface area (Å²) in [6, 6.07) is 3.37. The minimum absolute atomic E-state index is 0.0226. The summed E-state index contributed by atoms with van der Waals surface area (Å²) in [4.78, 5) is 14.7. The van der Waals surface area contributed by atoms with Crippen LogP contribution in [0.2, 0.25) is 0 Å². The van der Waals surface area contributed by atoms with Gasteiger partial charge in [-0.2, -0.15) is 4.98 Å². The third-order valence-electron chi connectivity index (χ3n) is 2.45. The van der Waals surface area contributed by atoms with Crippen molar-refractivity contribution >= 4 is 5.97 Å². The first-order valence-electron chi connectivity index (χ1n) is 5.36. The van der Waals surface area contributed by atoms with Gasteiger partial charge in [-0.25, -0.2) is 9.18 Å². The van der Waals surface area contributed by atoms with Crippen LogP contribution in [0, 0.1) is 19.7 Å². The van der Waals surface area contributed by atoms with Crippen molar-refractivity contribution in [3.05, 3.63) is 41.0 Å². The number of rotatable bonds is 3. The zero-order valence-corrected chi connectivity index (χ0v) is 10.2. The Bertz CT molecular complexity index is 646. The minimum Gasteiger partial charge on any atom is -0.478 e. The molecule has 0 amide bonds. The highest BCUT2D eigenvalue weighted by Gasteiger charge is 2.12. The lowest BCUT2D eigenvalue weighted by Crippen LogP contribution is -2.02. The molecule has 0 bridgehead atoms. The van der Waals surface area contributed by atoms with Crippen molar-refractivity contribution in [1.82, 2.24) is 15.2 Å². The van der Waals surface area contributed by atoms with Crippen LogP contribution in [0.1, 0.15) is 21.7 Å². The topological polar surface area (TPSA) is 85.2 Å². The smallest absolute Gasteiger partial charge is 0.341 e. The Labute approximate surface area is 107 Å². The predicted molar refractivity (Wildman–Crippen MR) is 62.7 cm³/mol. The monoisotopic (exact) mass is 263 g/mol. The number of benzene rings is 1. The number of carbonyl (C=O) groups is 1. The Balaban J connectivity index is 2.26. The molecule has 6 nitrogen and oxygen atoms in total. The van der Waals surface area contributed by atoms with Gasteiger partial charge in [-0.15, -0.1) is 5.10 Å². The molecule has 7 heteroatoms. The Morgan fingerprint density at radius 3 is 2.58 bits per heavy atom. The second kappa shape index (κ2) is 4.97. The van der Waals surface area contributed by atoms with E-state index < -0.39 is 17.3 Å². The molecule has 1 aromatic heterocycles. The van der Waals surface area contributed by atoms with Crippen LogP contribution in [0.25, 0.3) is 0 Å². The summed E-state index contributed by atoms with van der Waals surface area (Å²) in [6.45, 7) is 3.49. The standard InChI is InChI=1S/C12H10FN3O3/c1-6-7(2)15-16-12(14-6)19-8-3-4-9(11(17)18)10(13)5-8/h3-5H,1-2H3,(H,17,18). The van der Waals surface area contributed by atoms with Gasteiger partial charge in [-0.05, 0) is 26.0 Å². The zero-order valence-electron chi connectivity index (χ0n) is 10.2. The van der Waals surface area contributed by atoms with Gasteiger partial charge in [-0.1, -0.05) is 5.10 Å². The van der Waals surface area contributed by atoms with Gasteiger partial charge in [0.1, 0.15) is 11.6 Å². The fourth-order valence-electron chi connectivity index (χ4n) is 1.32. The van der Waals surface area contributed by atoms with Gasteiger partial charge in [-0.3, -0.25) is 0 Å². The van der Waals surface area contributed by atoms with Crippen LogP contribution >= 0.6 is 0 Å². The molecule has 1 aromatic carbocycles. The van der Waals surface area contributed by atoms with E-state index >= 15 is 0 Å². The van der Waals surface area contributed by atoms with E-state index in [1.807, 2.05) is 0 Å². The van der Waals surface area contributed by atoms with Gasteiger partial charge in [0.05, 0.1) is 17.0 Å². The molecule has 19 heavy (non-hydrogen) atoms. The van der Waals surface area contributed by atoms with Crippen molar-refractivity contribution < 1.29 is 19.0 Å². The van der Waals surface area contributed by atoms with E-state index in [-0.39, 0.29) is 11.8 Å². The number of ether oxygens (including phenoxy) is 1. The molecule has 98 valence electrons. The average molecular weight is 263 g/mol. The maximum Gasteiger partial charge on any atom is 0.341 e.